The van der Waals surface area contributed by atoms with Gasteiger partial charge < -0.3 is 15.5 Å². The van der Waals surface area contributed by atoms with Gasteiger partial charge in [0.15, 0.2) is 0 Å². The summed E-state index contributed by atoms with van der Waals surface area (Å²) in [7, 11) is 0. The Morgan fingerprint density at radius 2 is 1.65 bits per heavy atom. The van der Waals surface area contributed by atoms with Gasteiger partial charge in [-0.25, -0.2) is 0 Å². The highest BCUT2D eigenvalue weighted by Gasteiger charge is 2.12. The molecule has 138 valence electrons. The Hall–Kier alpha value is -2.24. The molecule has 2 aromatic rings. The maximum absolute atomic E-state index is 12.3. The molecule has 0 heterocycles. The van der Waals surface area contributed by atoms with E-state index >= 15 is 0 Å². The summed E-state index contributed by atoms with van der Waals surface area (Å²) >= 11 is 12.0. The Bertz CT molecular complexity index is 775. The van der Waals surface area contributed by atoms with E-state index in [1.165, 1.54) is 0 Å². The normalized spacial score (nSPS) is 10.3. The topological polar surface area (TPSA) is 61.4 Å². The summed E-state index contributed by atoms with van der Waals surface area (Å²) in [4.78, 5) is 26.1. The van der Waals surface area contributed by atoms with Crippen LogP contribution in [0.3, 0.4) is 0 Å². The largest absolute Gasteiger partial charge is 0.375 e. The molecule has 0 aliphatic carbocycles. The van der Waals surface area contributed by atoms with E-state index in [9.17, 15) is 9.59 Å². The van der Waals surface area contributed by atoms with E-state index in [0.29, 0.717) is 40.1 Å². The van der Waals surface area contributed by atoms with Crippen LogP contribution in [0.2, 0.25) is 10.0 Å². The molecule has 2 aromatic carbocycles. The molecule has 0 atom stereocenters. The van der Waals surface area contributed by atoms with Crippen molar-refractivity contribution < 1.29 is 9.59 Å². The van der Waals surface area contributed by atoms with E-state index in [2.05, 4.69) is 10.6 Å². The maximum atomic E-state index is 12.3. The molecule has 0 unspecified atom stereocenters. The van der Waals surface area contributed by atoms with Gasteiger partial charge in [0.2, 0.25) is 5.91 Å². The van der Waals surface area contributed by atoms with Gasteiger partial charge in [0.05, 0.1) is 17.3 Å². The third kappa shape index (κ3) is 5.38. The van der Waals surface area contributed by atoms with Crippen LogP contribution >= 0.6 is 23.2 Å². The number of anilines is 2. The van der Waals surface area contributed by atoms with Crippen LogP contribution in [-0.4, -0.2) is 36.3 Å². The molecule has 0 radical (unpaired) electrons. The molecule has 0 bridgehead atoms. The number of halogens is 2. The first-order valence-corrected chi connectivity index (χ1v) is 9.08. The summed E-state index contributed by atoms with van der Waals surface area (Å²) in [6, 6.07) is 11.8. The monoisotopic (exact) mass is 393 g/mol. The molecule has 0 aliphatic heterocycles. The fourth-order valence-electron chi connectivity index (χ4n) is 2.40. The predicted octanol–water partition coefficient (Wildman–Crippen LogP) is 4.53. The van der Waals surface area contributed by atoms with Crippen molar-refractivity contribution in [2.45, 2.75) is 13.8 Å². The second-order valence-corrected chi connectivity index (χ2v) is 6.42. The van der Waals surface area contributed by atoms with Crippen molar-refractivity contribution in [3.63, 3.8) is 0 Å². The fraction of sp³-hybridized carbons (Fsp3) is 0.263. The number of rotatable bonds is 7. The lowest BCUT2D eigenvalue weighted by molar-refractivity contribution is -0.114. The number of amides is 2. The number of carbonyl (C=O) groups is 2. The lowest BCUT2D eigenvalue weighted by atomic mass is 10.1. The van der Waals surface area contributed by atoms with Crippen LogP contribution in [0.1, 0.15) is 24.2 Å². The average molecular weight is 394 g/mol. The summed E-state index contributed by atoms with van der Waals surface area (Å²) in [5.74, 6) is -0.256. The van der Waals surface area contributed by atoms with Crippen LogP contribution in [0.15, 0.2) is 42.5 Å². The molecule has 26 heavy (non-hydrogen) atoms. The lowest BCUT2D eigenvalue weighted by Gasteiger charge is -2.18. The Morgan fingerprint density at radius 3 is 2.27 bits per heavy atom. The summed E-state index contributed by atoms with van der Waals surface area (Å²) in [6.07, 6.45) is 0. The van der Waals surface area contributed by atoms with Gasteiger partial charge >= 0.3 is 0 Å². The zero-order valence-electron chi connectivity index (χ0n) is 14.7. The van der Waals surface area contributed by atoms with Crippen LogP contribution in [-0.2, 0) is 4.79 Å². The molecule has 0 aliphatic rings. The quantitative estimate of drug-likeness (QED) is 0.726. The van der Waals surface area contributed by atoms with Crippen LogP contribution in [0.5, 0.6) is 0 Å². The average Bonchev–Trinajstić information content (AvgIpc) is 2.64. The van der Waals surface area contributed by atoms with E-state index in [1.54, 1.807) is 47.4 Å². The third-order valence-corrected chi connectivity index (χ3v) is 4.40. The molecule has 0 fully saturated rings. The zero-order valence-corrected chi connectivity index (χ0v) is 16.2. The molecule has 2 rings (SSSR count). The number of nitrogens with one attached hydrogen (secondary N) is 2. The Labute approximate surface area is 163 Å². The fourth-order valence-corrected chi connectivity index (χ4v) is 2.76. The molecule has 0 spiro atoms. The third-order valence-electron chi connectivity index (χ3n) is 3.83. The summed E-state index contributed by atoms with van der Waals surface area (Å²) in [6.45, 7) is 5.24. The molecule has 2 amide bonds. The Kier molecular flexibility index (Phi) is 7.30. The van der Waals surface area contributed by atoms with Gasteiger partial charge in [-0.3, -0.25) is 9.59 Å². The Morgan fingerprint density at radius 1 is 1.00 bits per heavy atom. The summed E-state index contributed by atoms with van der Waals surface area (Å²) in [5, 5.41) is 6.73. The molecule has 5 nitrogen and oxygen atoms in total. The van der Waals surface area contributed by atoms with Crippen molar-refractivity contribution in [2.24, 2.45) is 0 Å². The second-order valence-electron chi connectivity index (χ2n) is 5.58. The molecule has 0 aromatic heterocycles. The highest BCUT2D eigenvalue weighted by molar-refractivity contribution is 6.35. The van der Waals surface area contributed by atoms with E-state index in [0.717, 1.165) is 0 Å². The Balaban J connectivity index is 1.93. The number of carbonyl (C=O) groups excluding carboxylic acids is 2. The first kappa shape index (κ1) is 20.1. The molecular weight excluding hydrogens is 373 g/mol. The smallest absolute Gasteiger partial charge is 0.253 e. The molecular formula is C19H21Cl2N3O2. The van der Waals surface area contributed by atoms with Gasteiger partial charge in [0.1, 0.15) is 0 Å². The van der Waals surface area contributed by atoms with E-state index in [1.807, 2.05) is 13.8 Å². The number of benzene rings is 2. The minimum Gasteiger partial charge on any atom is -0.375 e. The summed E-state index contributed by atoms with van der Waals surface area (Å²) in [5.41, 5.74) is 1.80. The van der Waals surface area contributed by atoms with Gasteiger partial charge in [-0.2, -0.15) is 0 Å². The number of hydrogen-bond donors (Lipinski definition) is 2. The van der Waals surface area contributed by atoms with Gasteiger partial charge in [-0.1, -0.05) is 23.2 Å². The van der Waals surface area contributed by atoms with Crippen molar-refractivity contribution in [1.82, 2.24) is 4.90 Å². The van der Waals surface area contributed by atoms with Crippen LogP contribution in [0, 0.1) is 0 Å². The first-order chi connectivity index (χ1) is 12.4. The number of hydrogen-bond acceptors (Lipinski definition) is 3. The maximum Gasteiger partial charge on any atom is 0.253 e. The van der Waals surface area contributed by atoms with Gasteiger partial charge in [0.25, 0.3) is 5.91 Å². The minimum absolute atomic E-state index is 0.0230. The van der Waals surface area contributed by atoms with Crippen molar-refractivity contribution in [3.05, 3.63) is 58.1 Å². The standard InChI is InChI=1S/C19H21Cl2N3O2/c1-3-24(4-2)19(26)13-5-8-15(9-6-13)23-18(25)12-22-17-11-14(20)7-10-16(17)21/h5-11,22H,3-4,12H2,1-2H3,(H,23,25). The van der Waals surface area contributed by atoms with Crippen molar-refractivity contribution in [1.29, 1.82) is 0 Å². The van der Waals surface area contributed by atoms with E-state index in [-0.39, 0.29) is 18.4 Å². The van der Waals surface area contributed by atoms with E-state index < -0.39 is 0 Å². The number of nitrogens with zero attached hydrogens (tertiary/aromatic N) is 1. The van der Waals surface area contributed by atoms with E-state index in [4.69, 9.17) is 23.2 Å². The van der Waals surface area contributed by atoms with Crippen molar-refractivity contribution in [2.75, 3.05) is 30.3 Å². The minimum atomic E-state index is -0.233. The predicted molar refractivity (Wildman–Crippen MR) is 107 cm³/mol. The SMILES string of the molecule is CCN(CC)C(=O)c1ccc(NC(=O)CNc2cc(Cl)ccc2Cl)cc1. The molecule has 7 heteroatoms. The summed E-state index contributed by atoms with van der Waals surface area (Å²) < 4.78 is 0. The van der Waals surface area contributed by atoms with Crippen LogP contribution in [0.4, 0.5) is 11.4 Å². The second kappa shape index (κ2) is 9.46. The highest BCUT2D eigenvalue weighted by atomic mass is 35.5. The van der Waals surface area contributed by atoms with Crippen molar-refractivity contribution >= 4 is 46.4 Å². The lowest BCUT2D eigenvalue weighted by Crippen LogP contribution is -2.30. The van der Waals surface area contributed by atoms with Crippen LogP contribution < -0.4 is 10.6 Å². The molecule has 2 N–H and O–H groups in total. The zero-order chi connectivity index (χ0) is 19.1. The van der Waals surface area contributed by atoms with Crippen LogP contribution in [0.25, 0.3) is 0 Å². The molecule has 0 saturated carbocycles. The van der Waals surface area contributed by atoms with Gasteiger partial charge in [0, 0.05) is 29.4 Å². The molecule has 0 saturated heterocycles. The highest BCUT2D eigenvalue weighted by Crippen LogP contribution is 2.25. The van der Waals surface area contributed by atoms with Crippen molar-refractivity contribution in [3.8, 4) is 0 Å². The van der Waals surface area contributed by atoms with Gasteiger partial charge in [-0.15, -0.1) is 0 Å². The van der Waals surface area contributed by atoms with Gasteiger partial charge in [-0.05, 0) is 56.3 Å². The first-order valence-electron chi connectivity index (χ1n) is 8.32.